The molecule has 0 radical (unpaired) electrons. The topological polar surface area (TPSA) is 60.4 Å². The van der Waals surface area contributed by atoms with E-state index in [1.165, 1.54) is 0 Å². The third-order valence-electron chi connectivity index (χ3n) is 3.26. The highest BCUT2D eigenvalue weighted by atomic mass is 32.2. The summed E-state index contributed by atoms with van der Waals surface area (Å²) >= 11 is 1.67. The highest BCUT2D eigenvalue weighted by Gasteiger charge is 2.41. The first-order valence-electron chi connectivity index (χ1n) is 6.23. The molecule has 18 heavy (non-hydrogen) atoms. The molecule has 1 aliphatic carbocycles. The molecule has 3 atom stereocenters. The molecular weight excluding hydrogens is 252 g/mol. The molecule has 5 heteroatoms. The van der Waals surface area contributed by atoms with Gasteiger partial charge in [0, 0.05) is 11.7 Å². The smallest absolute Gasteiger partial charge is 0.316 e. The minimum atomic E-state index is -0.739. The Morgan fingerprint density at radius 3 is 2.72 bits per heavy atom. The van der Waals surface area contributed by atoms with Crippen LogP contribution in [0.25, 0.3) is 0 Å². The first-order chi connectivity index (χ1) is 8.49. The van der Waals surface area contributed by atoms with E-state index >= 15 is 0 Å². The second-order valence-corrected chi connectivity index (χ2v) is 5.93. The van der Waals surface area contributed by atoms with Gasteiger partial charge in [-0.1, -0.05) is 6.92 Å². The van der Waals surface area contributed by atoms with Gasteiger partial charge in [-0.2, -0.15) is 11.8 Å². The van der Waals surface area contributed by atoms with Crippen molar-refractivity contribution in [1.29, 1.82) is 0 Å². The molecule has 3 unspecified atom stereocenters. The summed E-state index contributed by atoms with van der Waals surface area (Å²) in [5, 5.41) is 0.325. The van der Waals surface area contributed by atoms with E-state index in [4.69, 9.17) is 4.74 Å². The average Bonchev–Trinajstić information content (AvgIpc) is 2.28. The van der Waals surface area contributed by atoms with Crippen LogP contribution in [0.4, 0.5) is 0 Å². The summed E-state index contributed by atoms with van der Waals surface area (Å²) in [7, 11) is 0. The zero-order chi connectivity index (χ0) is 13.7. The summed E-state index contributed by atoms with van der Waals surface area (Å²) < 4.78 is 4.95. The van der Waals surface area contributed by atoms with Crippen molar-refractivity contribution in [3.63, 3.8) is 0 Å². The third-order valence-corrected chi connectivity index (χ3v) is 4.25. The van der Waals surface area contributed by atoms with Crippen molar-refractivity contribution in [2.75, 3.05) is 12.9 Å². The van der Waals surface area contributed by atoms with Crippen molar-refractivity contribution in [2.45, 2.75) is 38.4 Å². The van der Waals surface area contributed by atoms with Gasteiger partial charge < -0.3 is 4.74 Å². The van der Waals surface area contributed by atoms with Gasteiger partial charge in [0.05, 0.1) is 13.0 Å². The lowest BCUT2D eigenvalue weighted by atomic mass is 9.75. The number of ether oxygens (including phenoxy) is 1. The highest BCUT2D eigenvalue weighted by Crippen LogP contribution is 2.32. The summed E-state index contributed by atoms with van der Waals surface area (Å²) in [6, 6.07) is 0. The van der Waals surface area contributed by atoms with Crippen molar-refractivity contribution in [2.24, 2.45) is 11.8 Å². The van der Waals surface area contributed by atoms with Crippen LogP contribution in [-0.2, 0) is 19.1 Å². The zero-order valence-electron chi connectivity index (χ0n) is 11.1. The van der Waals surface area contributed by atoms with Crippen LogP contribution in [-0.4, -0.2) is 35.6 Å². The fourth-order valence-corrected chi connectivity index (χ4v) is 2.79. The van der Waals surface area contributed by atoms with Gasteiger partial charge >= 0.3 is 5.97 Å². The summed E-state index contributed by atoms with van der Waals surface area (Å²) in [6.07, 6.45) is 2.88. The fraction of sp³-hybridized carbons (Fsp3) is 0.769. The van der Waals surface area contributed by atoms with E-state index < -0.39 is 11.9 Å². The van der Waals surface area contributed by atoms with E-state index in [-0.39, 0.29) is 30.5 Å². The lowest BCUT2D eigenvalue weighted by Gasteiger charge is -2.29. The summed E-state index contributed by atoms with van der Waals surface area (Å²) in [4.78, 5) is 35.2. The maximum Gasteiger partial charge on any atom is 0.316 e. The van der Waals surface area contributed by atoms with Gasteiger partial charge in [0.15, 0.2) is 5.78 Å². The van der Waals surface area contributed by atoms with E-state index in [1.54, 1.807) is 18.7 Å². The molecule has 0 aromatic carbocycles. The van der Waals surface area contributed by atoms with Gasteiger partial charge in [-0.3, -0.25) is 14.4 Å². The Labute approximate surface area is 112 Å². The Kier molecular flexibility index (Phi) is 5.85. The molecule has 0 saturated heterocycles. The lowest BCUT2D eigenvalue weighted by molar-refractivity contribution is -0.156. The van der Waals surface area contributed by atoms with Gasteiger partial charge in [0.25, 0.3) is 0 Å². The molecule has 1 fully saturated rings. The second kappa shape index (κ2) is 6.92. The Hall–Kier alpha value is -0.840. The minimum Gasteiger partial charge on any atom is -0.465 e. The van der Waals surface area contributed by atoms with Crippen molar-refractivity contribution >= 4 is 29.3 Å². The summed E-state index contributed by atoms with van der Waals surface area (Å²) in [5.74, 6) is -1.73. The molecule has 0 aromatic rings. The van der Waals surface area contributed by atoms with Crippen LogP contribution in [0.3, 0.4) is 0 Å². The first-order valence-corrected chi connectivity index (χ1v) is 7.52. The number of esters is 1. The third kappa shape index (κ3) is 3.83. The van der Waals surface area contributed by atoms with E-state index in [9.17, 15) is 14.4 Å². The van der Waals surface area contributed by atoms with Crippen LogP contribution >= 0.6 is 11.8 Å². The van der Waals surface area contributed by atoms with Crippen LogP contribution in [0.2, 0.25) is 0 Å². The molecular formula is C13H20O4S. The van der Waals surface area contributed by atoms with Crippen molar-refractivity contribution < 1.29 is 19.1 Å². The number of ketones is 2. The van der Waals surface area contributed by atoms with Crippen LogP contribution in [0.1, 0.15) is 33.1 Å². The standard InChI is InChI=1S/C13H20O4S/c1-4-17-13(16)12-9(5-8(2)18-3)6-10(14)7-11(12)15/h8-9,12H,4-7H2,1-3H3. The normalized spacial score (nSPS) is 25.9. The average molecular weight is 272 g/mol. The summed E-state index contributed by atoms with van der Waals surface area (Å²) in [6.45, 7) is 4.02. The molecule has 0 heterocycles. The van der Waals surface area contributed by atoms with Crippen LogP contribution in [0, 0.1) is 11.8 Å². The Morgan fingerprint density at radius 1 is 1.50 bits per heavy atom. The number of hydrogen-bond donors (Lipinski definition) is 0. The van der Waals surface area contributed by atoms with Crippen LogP contribution < -0.4 is 0 Å². The molecule has 102 valence electrons. The van der Waals surface area contributed by atoms with Gasteiger partial charge in [-0.05, 0) is 25.5 Å². The quantitative estimate of drug-likeness (QED) is 0.564. The fourth-order valence-electron chi connectivity index (χ4n) is 2.35. The van der Waals surface area contributed by atoms with Gasteiger partial charge in [0.2, 0.25) is 0 Å². The minimum absolute atomic E-state index is 0.0566. The number of hydrogen-bond acceptors (Lipinski definition) is 5. The molecule has 1 aliphatic rings. The highest BCUT2D eigenvalue weighted by molar-refractivity contribution is 7.99. The SMILES string of the molecule is CCOC(=O)C1C(=O)CC(=O)CC1CC(C)SC. The Balaban J connectivity index is 2.81. The molecule has 0 bridgehead atoms. The maximum absolute atomic E-state index is 11.9. The van der Waals surface area contributed by atoms with E-state index in [2.05, 4.69) is 0 Å². The lowest BCUT2D eigenvalue weighted by Crippen LogP contribution is -2.40. The Bertz CT molecular complexity index is 340. The summed E-state index contributed by atoms with van der Waals surface area (Å²) in [5.41, 5.74) is 0. The molecule has 0 aliphatic heterocycles. The van der Waals surface area contributed by atoms with Crippen molar-refractivity contribution in [1.82, 2.24) is 0 Å². The van der Waals surface area contributed by atoms with Crippen molar-refractivity contribution in [3.8, 4) is 0 Å². The monoisotopic (exact) mass is 272 g/mol. The zero-order valence-corrected chi connectivity index (χ0v) is 11.9. The Morgan fingerprint density at radius 2 is 2.17 bits per heavy atom. The maximum atomic E-state index is 11.9. The largest absolute Gasteiger partial charge is 0.465 e. The molecule has 0 amide bonds. The number of carbonyl (C=O) groups excluding carboxylic acids is 3. The van der Waals surface area contributed by atoms with E-state index in [1.807, 2.05) is 13.2 Å². The van der Waals surface area contributed by atoms with Crippen LogP contribution in [0.15, 0.2) is 0 Å². The van der Waals surface area contributed by atoms with Gasteiger partial charge in [-0.25, -0.2) is 0 Å². The van der Waals surface area contributed by atoms with Crippen LogP contribution in [0.5, 0.6) is 0 Å². The number of rotatable bonds is 5. The van der Waals surface area contributed by atoms with E-state index in [0.717, 1.165) is 0 Å². The molecule has 0 spiro atoms. The number of carbonyl (C=O) groups is 3. The first kappa shape index (κ1) is 15.2. The molecule has 1 rings (SSSR count). The number of Topliss-reactive ketones (excluding diaryl/α,β-unsaturated/α-hetero) is 2. The predicted molar refractivity (Wildman–Crippen MR) is 70.5 cm³/mol. The van der Waals surface area contributed by atoms with Crippen molar-refractivity contribution in [3.05, 3.63) is 0 Å². The predicted octanol–water partition coefficient (Wildman–Crippen LogP) is 1.86. The molecule has 4 nitrogen and oxygen atoms in total. The van der Waals surface area contributed by atoms with E-state index in [0.29, 0.717) is 18.1 Å². The van der Waals surface area contributed by atoms with Gasteiger partial charge in [0.1, 0.15) is 11.7 Å². The second-order valence-electron chi connectivity index (χ2n) is 4.66. The molecule has 0 N–H and O–H groups in total. The van der Waals surface area contributed by atoms with Gasteiger partial charge in [-0.15, -0.1) is 0 Å². The number of thioether (sulfide) groups is 1. The molecule has 1 saturated carbocycles. The molecule has 0 aromatic heterocycles.